The summed E-state index contributed by atoms with van der Waals surface area (Å²) in [4.78, 5) is 10.8. The van der Waals surface area contributed by atoms with Gasteiger partial charge in [-0.15, -0.1) is 0 Å². The number of carbonyl (C=O) groups is 1. The highest BCUT2D eigenvalue weighted by Crippen LogP contribution is 2.21. The van der Waals surface area contributed by atoms with Gasteiger partial charge in [0.2, 0.25) is 5.91 Å². The molecule has 0 bridgehead atoms. The van der Waals surface area contributed by atoms with Gasteiger partial charge in [0.25, 0.3) is 0 Å². The number of ether oxygens (including phenoxy) is 2. The van der Waals surface area contributed by atoms with E-state index in [0.717, 1.165) is 0 Å². The standard InChI is InChI=1S/C7H13NO6/c1-13-7-4(11)2(9)3(10)5(14-7)6(8)12/h2-5,7,9-11H,1H3,(H2,8,12). The van der Waals surface area contributed by atoms with Gasteiger partial charge in [-0.05, 0) is 0 Å². The van der Waals surface area contributed by atoms with Gasteiger partial charge in [0.1, 0.15) is 18.3 Å². The summed E-state index contributed by atoms with van der Waals surface area (Å²) in [7, 11) is 1.23. The fraction of sp³-hybridized carbons (Fsp3) is 0.857. The van der Waals surface area contributed by atoms with Crippen molar-refractivity contribution in [1.29, 1.82) is 0 Å². The monoisotopic (exact) mass is 207 g/mol. The van der Waals surface area contributed by atoms with E-state index >= 15 is 0 Å². The average molecular weight is 207 g/mol. The minimum atomic E-state index is -1.55. The van der Waals surface area contributed by atoms with Gasteiger partial charge in [0.15, 0.2) is 12.4 Å². The van der Waals surface area contributed by atoms with E-state index < -0.39 is 36.6 Å². The molecule has 5 N–H and O–H groups in total. The Kier molecular flexibility index (Phi) is 3.40. The molecule has 82 valence electrons. The van der Waals surface area contributed by atoms with Crippen LogP contribution in [-0.2, 0) is 14.3 Å². The third-order valence-corrected chi connectivity index (χ3v) is 2.08. The van der Waals surface area contributed by atoms with Crippen LogP contribution in [0.15, 0.2) is 0 Å². The molecule has 0 aromatic carbocycles. The van der Waals surface area contributed by atoms with E-state index in [4.69, 9.17) is 10.5 Å². The quantitative estimate of drug-likeness (QED) is 0.381. The van der Waals surface area contributed by atoms with Gasteiger partial charge in [-0.25, -0.2) is 0 Å². The van der Waals surface area contributed by atoms with E-state index in [0.29, 0.717) is 0 Å². The van der Waals surface area contributed by atoms with Crippen molar-refractivity contribution in [2.75, 3.05) is 7.11 Å². The molecule has 1 aliphatic rings. The Morgan fingerprint density at radius 1 is 1.29 bits per heavy atom. The van der Waals surface area contributed by atoms with Gasteiger partial charge in [-0.2, -0.15) is 0 Å². The maximum absolute atomic E-state index is 10.8. The Labute approximate surface area is 80.0 Å². The summed E-state index contributed by atoms with van der Waals surface area (Å²) >= 11 is 0. The molecular weight excluding hydrogens is 194 g/mol. The van der Waals surface area contributed by atoms with Crippen LogP contribution in [0.4, 0.5) is 0 Å². The van der Waals surface area contributed by atoms with Gasteiger partial charge in [-0.1, -0.05) is 0 Å². The number of carbonyl (C=O) groups excluding carboxylic acids is 1. The molecule has 14 heavy (non-hydrogen) atoms. The number of aliphatic hydroxyl groups excluding tert-OH is 3. The lowest BCUT2D eigenvalue weighted by Crippen LogP contribution is -2.61. The Balaban J connectivity index is 2.78. The third kappa shape index (κ3) is 1.86. The van der Waals surface area contributed by atoms with Crippen LogP contribution in [0, 0.1) is 0 Å². The van der Waals surface area contributed by atoms with Crippen molar-refractivity contribution in [3.8, 4) is 0 Å². The molecule has 1 amide bonds. The van der Waals surface area contributed by atoms with Crippen LogP contribution < -0.4 is 5.73 Å². The van der Waals surface area contributed by atoms with Gasteiger partial charge >= 0.3 is 0 Å². The molecule has 5 unspecified atom stereocenters. The molecular formula is C7H13NO6. The Hall–Kier alpha value is -0.730. The smallest absolute Gasteiger partial charge is 0.249 e. The van der Waals surface area contributed by atoms with Crippen molar-refractivity contribution in [2.45, 2.75) is 30.7 Å². The fourth-order valence-corrected chi connectivity index (χ4v) is 1.28. The summed E-state index contributed by atoms with van der Waals surface area (Å²) in [6.45, 7) is 0. The molecule has 7 heteroatoms. The first kappa shape index (κ1) is 11.3. The zero-order valence-corrected chi connectivity index (χ0v) is 7.53. The summed E-state index contributed by atoms with van der Waals surface area (Å²) in [5, 5.41) is 27.9. The molecule has 0 aromatic rings. The first-order valence-electron chi connectivity index (χ1n) is 4.00. The SMILES string of the molecule is COC1OC(C(N)=O)C(O)C(O)C1O. The normalized spacial score (nSPS) is 43.6. The van der Waals surface area contributed by atoms with Crippen LogP contribution >= 0.6 is 0 Å². The molecule has 7 nitrogen and oxygen atoms in total. The van der Waals surface area contributed by atoms with Gasteiger partial charge in [0, 0.05) is 7.11 Å². The lowest BCUT2D eigenvalue weighted by Gasteiger charge is -2.38. The maximum atomic E-state index is 10.8. The fourth-order valence-electron chi connectivity index (χ4n) is 1.28. The van der Waals surface area contributed by atoms with Gasteiger partial charge < -0.3 is 30.5 Å². The lowest BCUT2D eigenvalue weighted by atomic mass is 9.98. The Bertz CT molecular complexity index is 220. The van der Waals surface area contributed by atoms with Crippen molar-refractivity contribution in [3.63, 3.8) is 0 Å². The number of hydrogen-bond donors (Lipinski definition) is 4. The highest BCUT2D eigenvalue weighted by molar-refractivity contribution is 5.79. The summed E-state index contributed by atoms with van der Waals surface area (Å²) < 4.78 is 9.49. The summed E-state index contributed by atoms with van der Waals surface area (Å²) in [6.07, 6.45) is -7.03. The molecule has 1 saturated heterocycles. The third-order valence-electron chi connectivity index (χ3n) is 2.08. The predicted octanol–water partition coefficient (Wildman–Crippen LogP) is -3.07. The van der Waals surface area contributed by atoms with E-state index in [9.17, 15) is 20.1 Å². The average Bonchev–Trinajstić information content (AvgIpc) is 2.14. The predicted molar refractivity (Wildman–Crippen MR) is 42.9 cm³/mol. The molecule has 0 saturated carbocycles. The van der Waals surface area contributed by atoms with Crippen LogP contribution in [0.2, 0.25) is 0 Å². The minimum absolute atomic E-state index is 0.925. The highest BCUT2D eigenvalue weighted by atomic mass is 16.7. The van der Waals surface area contributed by atoms with Crippen molar-refractivity contribution >= 4 is 5.91 Å². The zero-order chi connectivity index (χ0) is 10.9. The first-order valence-corrected chi connectivity index (χ1v) is 4.00. The van der Waals surface area contributed by atoms with E-state index in [1.165, 1.54) is 7.11 Å². The lowest BCUT2D eigenvalue weighted by molar-refractivity contribution is -0.283. The van der Waals surface area contributed by atoms with Crippen LogP contribution in [0.25, 0.3) is 0 Å². The summed E-state index contributed by atoms with van der Waals surface area (Å²) in [5.41, 5.74) is 4.91. The van der Waals surface area contributed by atoms with E-state index in [1.54, 1.807) is 0 Å². The molecule has 0 aliphatic carbocycles. The summed E-state index contributed by atoms with van der Waals surface area (Å²) in [5.74, 6) is -0.925. The molecule has 0 radical (unpaired) electrons. The van der Waals surface area contributed by atoms with Crippen LogP contribution in [0.1, 0.15) is 0 Å². The number of rotatable bonds is 2. The second kappa shape index (κ2) is 4.20. The van der Waals surface area contributed by atoms with E-state index in [-0.39, 0.29) is 0 Å². The molecule has 5 atom stereocenters. The number of nitrogens with two attached hydrogens (primary N) is 1. The molecule has 0 spiro atoms. The highest BCUT2D eigenvalue weighted by Gasteiger charge is 2.46. The number of amides is 1. The van der Waals surface area contributed by atoms with Crippen LogP contribution in [-0.4, -0.2) is 59.0 Å². The van der Waals surface area contributed by atoms with Crippen molar-refractivity contribution < 1.29 is 29.6 Å². The number of hydrogen-bond acceptors (Lipinski definition) is 6. The molecule has 1 fully saturated rings. The molecule has 1 aliphatic heterocycles. The second-order valence-electron chi connectivity index (χ2n) is 3.03. The van der Waals surface area contributed by atoms with Crippen molar-refractivity contribution in [2.24, 2.45) is 5.73 Å². The topological polar surface area (TPSA) is 122 Å². The number of primary amides is 1. The molecule has 1 rings (SSSR count). The first-order chi connectivity index (χ1) is 6.49. The van der Waals surface area contributed by atoms with Crippen LogP contribution in [0.3, 0.4) is 0 Å². The summed E-state index contributed by atoms with van der Waals surface area (Å²) in [6, 6.07) is 0. The van der Waals surface area contributed by atoms with Crippen LogP contribution in [0.5, 0.6) is 0 Å². The zero-order valence-electron chi connectivity index (χ0n) is 7.53. The number of methoxy groups -OCH3 is 1. The maximum Gasteiger partial charge on any atom is 0.249 e. The largest absolute Gasteiger partial charge is 0.387 e. The number of aliphatic hydroxyl groups is 3. The Morgan fingerprint density at radius 2 is 1.86 bits per heavy atom. The van der Waals surface area contributed by atoms with Gasteiger partial charge in [0.05, 0.1) is 0 Å². The Morgan fingerprint density at radius 3 is 2.29 bits per heavy atom. The molecule has 1 heterocycles. The molecule has 0 aromatic heterocycles. The van der Waals surface area contributed by atoms with E-state index in [2.05, 4.69) is 4.74 Å². The van der Waals surface area contributed by atoms with Crippen molar-refractivity contribution in [3.05, 3.63) is 0 Å². The van der Waals surface area contributed by atoms with Crippen molar-refractivity contribution in [1.82, 2.24) is 0 Å². The minimum Gasteiger partial charge on any atom is -0.387 e. The second-order valence-corrected chi connectivity index (χ2v) is 3.03. The van der Waals surface area contributed by atoms with E-state index in [1.807, 2.05) is 0 Å². The van der Waals surface area contributed by atoms with Gasteiger partial charge in [-0.3, -0.25) is 4.79 Å².